The van der Waals surface area contributed by atoms with Gasteiger partial charge in [-0.3, -0.25) is 4.79 Å². The van der Waals surface area contributed by atoms with Gasteiger partial charge in [-0.2, -0.15) is 0 Å². The van der Waals surface area contributed by atoms with Crippen molar-refractivity contribution in [2.45, 2.75) is 57.7 Å². The summed E-state index contributed by atoms with van der Waals surface area (Å²) in [6, 6.07) is 0. The maximum absolute atomic E-state index is 11.9. The summed E-state index contributed by atoms with van der Waals surface area (Å²) in [5.41, 5.74) is 0. The summed E-state index contributed by atoms with van der Waals surface area (Å²) in [5, 5.41) is 12.3. The summed E-state index contributed by atoms with van der Waals surface area (Å²) in [6.45, 7) is 2.95. The molecule has 104 valence electrons. The van der Waals surface area contributed by atoms with E-state index in [0.29, 0.717) is 18.4 Å². The fraction of sp³-hybridized carbons (Fsp3) is 0.929. The second-order valence-corrected chi connectivity index (χ2v) is 5.75. The van der Waals surface area contributed by atoms with E-state index in [0.717, 1.165) is 25.7 Å². The van der Waals surface area contributed by atoms with Crippen LogP contribution >= 0.6 is 0 Å². The number of hydrogen-bond donors (Lipinski definition) is 2. The van der Waals surface area contributed by atoms with E-state index in [4.69, 9.17) is 4.74 Å². The molecule has 0 radical (unpaired) electrons. The first kappa shape index (κ1) is 13.8. The number of nitrogens with one attached hydrogen (secondary N) is 1. The van der Waals surface area contributed by atoms with Crippen molar-refractivity contribution in [1.82, 2.24) is 5.32 Å². The van der Waals surface area contributed by atoms with Crippen molar-refractivity contribution >= 4 is 5.91 Å². The molecule has 2 aliphatic rings. The molecule has 4 atom stereocenters. The first-order valence-electron chi connectivity index (χ1n) is 7.24. The monoisotopic (exact) mass is 255 g/mol. The lowest BCUT2D eigenvalue weighted by atomic mass is 9.79. The van der Waals surface area contributed by atoms with E-state index >= 15 is 0 Å². The Labute approximate surface area is 109 Å². The number of rotatable bonds is 4. The number of amides is 1. The predicted octanol–water partition coefficient (Wildman–Crippen LogP) is 1.47. The SMILES string of the molecule is CC1CCC(C(=O)NCC2CCCCC2CO)O1. The van der Waals surface area contributed by atoms with Crippen LogP contribution in [0.4, 0.5) is 0 Å². The van der Waals surface area contributed by atoms with Crippen LogP contribution in [0.15, 0.2) is 0 Å². The standard InChI is InChI=1S/C14H25NO3/c1-10-6-7-13(18-10)14(17)15-8-11-4-2-3-5-12(11)9-16/h10-13,16H,2-9H2,1H3,(H,15,17). The van der Waals surface area contributed by atoms with Crippen molar-refractivity contribution in [3.05, 3.63) is 0 Å². The van der Waals surface area contributed by atoms with Crippen LogP contribution in [0.1, 0.15) is 45.4 Å². The molecule has 0 aromatic carbocycles. The van der Waals surface area contributed by atoms with Crippen LogP contribution in [-0.2, 0) is 9.53 Å². The molecule has 0 aromatic heterocycles. The van der Waals surface area contributed by atoms with Gasteiger partial charge in [-0.15, -0.1) is 0 Å². The second-order valence-electron chi connectivity index (χ2n) is 5.75. The number of hydrogen-bond acceptors (Lipinski definition) is 3. The molecule has 4 nitrogen and oxygen atoms in total. The van der Waals surface area contributed by atoms with Gasteiger partial charge in [0.25, 0.3) is 0 Å². The number of carbonyl (C=O) groups excluding carboxylic acids is 1. The van der Waals surface area contributed by atoms with Crippen LogP contribution in [-0.4, -0.2) is 36.4 Å². The van der Waals surface area contributed by atoms with E-state index in [9.17, 15) is 9.90 Å². The minimum Gasteiger partial charge on any atom is -0.396 e. The third-order valence-electron chi connectivity index (χ3n) is 4.36. The van der Waals surface area contributed by atoms with Gasteiger partial charge in [0, 0.05) is 13.2 Å². The van der Waals surface area contributed by atoms with Crippen LogP contribution in [0.3, 0.4) is 0 Å². The Balaban J connectivity index is 1.74. The van der Waals surface area contributed by atoms with E-state index in [1.807, 2.05) is 6.92 Å². The Hall–Kier alpha value is -0.610. The fourth-order valence-corrected chi connectivity index (χ4v) is 3.13. The smallest absolute Gasteiger partial charge is 0.249 e. The average molecular weight is 255 g/mol. The van der Waals surface area contributed by atoms with E-state index < -0.39 is 0 Å². The highest BCUT2D eigenvalue weighted by Crippen LogP contribution is 2.29. The minimum atomic E-state index is -0.254. The highest BCUT2D eigenvalue weighted by Gasteiger charge is 2.30. The first-order valence-corrected chi connectivity index (χ1v) is 7.24. The Kier molecular flexibility index (Phi) is 5.01. The van der Waals surface area contributed by atoms with Crippen molar-refractivity contribution in [2.75, 3.05) is 13.2 Å². The molecular formula is C14H25NO3. The second kappa shape index (κ2) is 6.53. The number of carbonyl (C=O) groups is 1. The Bertz CT molecular complexity index is 282. The average Bonchev–Trinajstić information content (AvgIpc) is 2.83. The van der Waals surface area contributed by atoms with Crippen LogP contribution in [0.2, 0.25) is 0 Å². The number of aliphatic hydroxyl groups is 1. The summed E-state index contributed by atoms with van der Waals surface area (Å²) >= 11 is 0. The zero-order chi connectivity index (χ0) is 13.0. The molecule has 4 unspecified atom stereocenters. The van der Waals surface area contributed by atoms with Crippen molar-refractivity contribution in [2.24, 2.45) is 11.8 Å². The van der Waals surface area contributed by atoms with Gasteiger partial charge in [-0.25, -0.2) is 0 Å². The van der Waals surface area contributed by atoms with Crippen LogP contribution in [0.5, 0.6) is 0 Å². The molecule has 2 rings (SSSR count). The third-order valence-corrected chi connectivity index (χ3v) is 4.36. The molecule has 1 heterocycles. The summed E-state index contributed by atoms with van der Waals surface area (Å²) < 4.78 is 5.55. The van der Waals surface area contributed by atoms with Crippen molar-refractivity contribution in [3.8, 4) is 0 Å². The maximum atomic E-state index is 11.9. The van der Waals surface area contributed by atoms with E-state index in [1.165, 1.54) is 12.8 Å². The van der Waals surface area contributed by atoms with Gasteiger partial charge in [-0.1, -0.05) is 12.8 Å². The van der Waals surface area contributed by atoms with Gasteiger partial charge in [0.15, 0.2) is 0 Å². The molecule has 4 heteroatoms. The van der Waals surface area contributed by atoms with E-state index in [1.54, 1.807) is 0 Å². The van der Waals surface area contributed by atoms with E-state index in [-0.39, 0.29) is 24.7 Å². The molecule has 1 aliphatic heterocycles. The van der Waals surface area contributed by atoms with Gasteiger partial charge < -0.3 is 15.2 Å². The van der Waals surface area contributed by atoms with Crippen LogP contribution in [0.25, 0.3) is 0 Å². The van der Waals surface area contributed by atoms with Gasteiger partial charge in [0.05, 0.1) is 6.10 Å². The third kappa shape index (κ3) is 3.45. The van der Waals surface area contributed by atoms with Gasteiger partial charge in [0.2, 0.25) is 5.91 Å². The molecule has 2 N–H and O–H groups in total. The molecule has 1 saturated carbocycles. The highest BCUT2D eigenvalue weighted by atomic mass is 16.5. The Morgan fingerprint density at radius 1 is 1.22 bits per heavy atom. The van der Waals surface area contributed by atoms with Gasteiger partial charge >= 0.3 is 0 Å². The lowest BCUT2D eigenvalue weighted by Gasteiger charge is -2.30. The molecule has 2 fully saturated rings. The van der Waals surface area contributed by atoms with Crippen molar-refractivity contribution in [1.29, 1.82) is 0 Å². The molecular weight excluding hydrogens is 230 g/mol. The molecule has 18 heavy (non-hydrogen) atoms. The van der Waals surface area contributed by atoms with Crippen LogP contribution in [0, 0.1) is 11.8 Å². The quantitative estimate of drug-likeness (QED) is 0.799. The minimum absolute atomic E-state index is 0.0293. The summed E-state index contributed by atoms with van der Waals surface area (Å²) in [5.74, 6) is 0.829. The normalized spacial score (nSPS) is 36.6. The maximum Gasteiger partial charge on any atom is 0.249 e. The lowest BCUT2D eigenvalue weighted by Crippen LogP contribution is -2.40. The number of aliphatic hydroxyl groups excluding tert-OH is 1. The topological polar surface area (TPSA) is 58.6 Å². The zero-order valence-corrected chi connectivity index (χ0v) is 11.2. The Morgan fingerprint density at radius 3 is 2.56 bits per heavy atom. The predicted molar refractivity (Wildman–Crippen MR) is 69.1 cm³/mol. The van der Waals surface area contributed by atoms with Crippen LogP contribution < -0.4 is 5.32 Å². The van der Waals surface area contributed by atoms with Crippen molar-refractivity contribution in [3.63, 3.8) is 0 Å². The molecule has 1 saturated heterocycles. The molecule has 0 bridgehead atoms. The molecule has 0 spiro atoms. The summed E-state index contributed by atoms with van der Waals surface area (Å²) in [7, 11) is 0. The van der Waals surface area contributed by atoms with E-state index in [2.05, 4.69) is 5.32 Å². The molecule has 1 amide bonds. The zero-order valence-electron chi connectivity index (χ0n) is 11.2. The molecule has 0 aromatic rings. The summed E-state index contributed by atoms with van der Waals surface area (Å²) in [6.07, 6.45) is 6.40. The Morgan fingerprint density at radius 2 is 1.94 bits per heavy atom. The number of ether oxygens (including phenoxy) is 1. The fourth-order valence-electron chi connectivity index (χ4n) is 3.13. The molecule has 1 aliphatic carbocycles. The summed E-state index contributed by atoms with van der Waals surface area (Å²) in [4.78, 5) is 11.9. The van der Waals surface area contributed by atoms with Crippen molar-refractivity contribution < 1.29 is 14.6 Å². The first-order chi connectivity index (χ1) is 8.70. The lowest BCUT2D eigenvalue weighted by molar-refractivity contribution is -0.132. The van der Waals surface area contributed by atoms with Gasteiger partial charge in [-0.05, 0) is 44.4 Å². The highest BCUT2D eigenvalue weighted by molar-refractivity contribution is 5.81. The van der Waals surface area contributed by atoms with Gasteiger partial charge in [0.1, 0.15) is 6.10 Å². The largest absolute Gasteiger partial charge is 0.396 e.